The zero-order chi connectivity index (χ0) is 21.1. The topological polar surface area (TPSA) is 9.23 Å². The van der Waals surface area contributed by atoms with E-state index < -0.39 is 0 Å². The van der Waals surface area contributed by atoms with E-state index in [9.17, 15) is 0 Å². The van der Waals surface area contributed by atoms with Gasteiger partial charge in [0, 0.05) is 5.33 Å². The first-order chi connectivity index (χ1) is 13.4. The molecule has 0 saturated carbocycles. The van der Waals surface area contributed by atoms with Gasteiger partial charge in [-0.25, -0.2) is 0 Å². The van der Waals surface area contributed by atoms with Gasteiger partial charge in [-0.3, -0.25) is 0 Å². The van der Waals surface area contributed by atoms with Crippen molar-refractivity contribution in [2.45, 2.75) is 149 Å². The van der Waals surface area contributed by atoms with Crippen LogP contribution in [0.2, 0.25) is 0 Å². The molecule has 0 fully saturated rings. The van der Waals surface area contributed by atoms with Crippen LogP contribution in [0.1, 0.15) is 144 Å². The molecule has 0 aromatic carbocycles. The Morgan fingerprint density at radius 2 is 0.964 bits per heavy atom. The van der Waals surface area contributed by atoms with E-state index in [0.29, 0.717) is 5.41 Å². The molecule has 0 radical (unpaired) electrons. The molecule has 1 nitrogen and oxygen atoms in total. The monoisotopic (exact) mass is 460 g/mol. The highest BCUT2D eigenvalue weighted by molar-refractivity contribution is 9.09. The van der Waals surface area contributed by atoms with Gasteiger partial charge in [-0.05, 0) is 51.4 Å². The van der Waals surface area contributed by atoms with Crippen LogP contribution in [0, 0.1) is 5.41 Å². The third-order valence-electron chi connectivity index (χ3n) is 6.49. The minimum absolute atomic E-state index is 0.0468. The summed E-state index contributed by atoms with van der Waals surface area (Å²) >= 11 is 3.45. The van der Waals surface area contributed by atoms with E-state index in [0.717, 1.165) is 11.9 Å². The molecule has 0 aliphatic heterocycles. The first-order valence-electron chi connectivity index (χ1n) is 12.6. The van der Waals surface area contributed by atoms with E-state index in [2.05, 4.69) is 50.5 Å². The van der Waals surface area contributed by atoms with Gasteiger partial charge in [-0.2, -0.15) is 0 Å². The predicted octanol–water partition coefficient (Wildman–Crippen LogP) is 9.85. The van der Waals surface area contributed by atoms with Crippen molar-refractivity contribution < 1.29 is 4.74 Å². The number of hydrogen-bond donors (Lipinski definition) is 0. The molecule has 0 atom stereocenters. The molecule has 0 aliphatic carbocycles. The number of ether oxygens (including phenoxy) is 1. The molecule has 0 heterocycles. The molecule has 2 heteroatoms. The van der Waals surface area contributed by atoms with Crippen LogP contribution in [0.25, 0.3) is 0 Å². The molecule has 0 unspecified atom stereocenters. The summed E-state index contributed by atoms with van der Waals surface area (Å²) in [7, 11) is 0. The molecule has 0 aliphatic rings. The molecule has 170 valence electrons. The Morgan fingerprint density at radius 3 is 1.39 bits per heavy atom. The van der Waals surface area contributed by atoms with Gasteiger partial charge in [0.05, 0.1) is 12.2 Å². The molecule has 28 heavy (non-hydrogen) atoms. The van der Waals surface area contributed by atoms with Crippen LogP contribution in [-0.4, -0.2) is 17.5 Å². The largest absolute Gasteiger partial charge is 0.375 e. The minimum atomic E-state index is 0.0468. The summed E-state index contributed by atoms with van der Waals surface area (Å²) in [4.78, 5) is 0. The molecule has 0 amide bonds. The second kappa shape index (κ2) is 18.2. The third-order valence-corrected chi connectivity index (χ3v) is 6.81. The van der Waals surface area contributed by atoms with Crippen molar-refractivity contribution >= 4 is 15.9 Å². The summed E-state index contributed by atoms with van der Waals surface area (Å²) in [6.07, 6.45) is 23.9. The Bertz CT molecular complexity index is 305. The van der Waals surface area contributed by atoms with Crippen LogP contribution >= 0.6 is 15.9 Å². The van der Waals surface area contributed by atoms with Crippen LogP contribution in [0.3, 0.4) is 0 Å². The van der Waals surface area contributed by atoms with E-state index in [1.165, 1.54) is 109 Å². The minimum Gasteiger partial charge on any atom is -0.375 e. The van der Waals surface area contributed by atoms with Crippen molar-refractivity contribution in [2.75, 3.05) is 11.9 Å². The van der Waals surface area contributed by atoms with E-state index in [1.54, 1.807) is 0 Å². The van der Waals surface area contributed by atoms with Crippen LogP contribution in [0.5, 0.6) is 0 Å². The van der Waals surface area contributed by atoms with Gasteiger partial charge >= 0.3 is 0 Å². The summed E-state index contributed by atoms with van der Waals surface area (Å²) in [5.74, 6) is 0. The molecule has 0 bridgehead atoms. The first-order valence-corrected chi connectivity index (χ1v) is 13.8. The van der Waals surface area contributed by atoms with Gasteiger partial charge in [0.15, 0.2) is 0 Å². The van der Waals surface area contributed by atoms with Crippen molar-refractivity contribution in [2.24, 2.45) is 5.41 Å². The lowest BCUT2D eigenvalue weighted by molar-refractivity contribution is -0.0159. The average molecular weight is 462 g/mol. The Kier molecular flexibility index (Phi) is 18.5. The fraction of sp³-hybridized carbons (Fsp3) is 1.00. The molecular weight excluding hydrogens is 408 g/mol. The van der Waals surface area contributed by atoms with Crippen molar-refractivity contribution in [3.05, 3.63) is 0 Å². The fourth-order valence-corrected chi connectivity index (χ4v) is 4.71. The zero-order valence-electron chi connectivity index (χ0n) is 20.2. The van der Waals surface area contributed by atoms with Crippen molar-refractivity contribution in [1.82, 2.24) is 0 Å². The average Bonchev–Trinajstić information content (AvgIpc) is 2.69. The summed E-state index contributed by atoms with van der Waals surface area (Å²) < 4.78 is 5.91. The maximum absolute atomic E-state index is 5.91. The predicted molar refractivity (Wildman–Crippen MR) is 132 cm³/mol. The normalized spacial score (nSPS) is 12.6. The van der Waals surface area contributed by atoms with E-state index in [1.807, 2.05) is 0 Å². The molecule has 0 aromatic rings. The maximum atomic E-state index is 5.91. The number of halogens is 1. The second-order valence-electron chi connectivity index (χ2n) is 9.73. The lowest BCUT2D eigenvalue weighted by Crippen LogP contribution is -2.25. The highest BCUT2D eigenvalue weighted by atomic mass is 79.9. The summed E-state index contributed by atoms with van der Waals surface area (Å²) in [5.41, 5.74) is 0.712. The molecule has 0 aromatic heterocycles. The Morgan fingerprint density at radius 1 is 0.571 bits per heavy atom. The Balaban J connectivity index is 4.10. The molecule has 0 saturated heterocycles. The highest BCUT2D eigenvalue weighted by Crippen LogP contribution is 2.41. The van der Waals surface area contributed by atoms with E-state index in [4.69, 9.17) is 4.74 Å². The summed E-state index contributed by atoms with van der Waals surface area (Å²) in [6, 6.07) is 0. The van der Waals surface area contributed by atoms with Crippen LogP contribution < -0.4 is 0 Å². The van der Waals surface area contributed by atoms with Gasteiger partial charge in [-0.1, -0.05) is 114 Å². The Labute approximate surface area is 187 Å². The van der Waals surface area contributed by atoms with Gasteiger partial charge in [0.2, 0.25) is 0 Å². The van der Waals surface area contributed by atoms with Crippen LogP contribution in [-0.2, 0) is 4.74 Å². The first kappa shape index (κ1) is 28.4. The molecule has 0 N–H and O–H groups in total. The maximum Gasteiger partial charge on any atom is 0.0626 e. The number of hydrogen-bond acceptors (Lipinski definition) is 1. The standard InChI is InChI=1S/C26H53BrO/c1-6-9-19-26(20-10-7-2,21-11-8-3)22-17-15-13-12-14-16-18-25(4,5)28-24-23-27/h6-24H2,1-5H3. The van der Waals surface area contributed by atoms with Crippen LogP contribution in [0.4, 0.5) is 0 Å². The zero-order valence-corrected chi connectivity index (χ0v) is 21.8. The van der Waals surface area contributed by atoms with Gasteiger partial charge in [0.25, 0.3) is 0 Å². The van der Waals surface area contributed by atoms with Gasteiger partial charge in [-0.15, -0.1) is 0 Å². The third kappa shape index (κ3) is 15.3. The Hall–Kier alpha value is 0.440. The number of alkyl halides is 1. The lowest BCUT2D eigenvalue weighted by atomic mass is 9.71. The fourth-order valence-electron chi connectivity index (χ4n) is 4.55. The quantitative estimate of drug-likeness (QED) is 0.122. The van der Waals surface area contributed by atoms with Crippen LogP contribution in [0.15, 0.2) is 0 Å². The van der Waals surface area contributed by atoms with Crippen molar-refractivity contribution in [1.29, 1.82) is 0 Å². The lowest BCUT2D eigenvalue weighted by Gasteiger charge is -2.35. The summed E-state index contributed by atoms with van der Waals surface area (Å²) in [5, 5.41) is 0.937. The smallest absolute Gasteiger partial charge is 0.0626 e. The highest BCUT2D eigenvalue weighted by Gasteiger charge is 2.27. The SMILES string of the molecule is CCCCC(CCCC)(CCCC)CCCCCCCCC(C)(C)OCCBr. The van der Waals surface area contributed by atoms with Crippen molar-refractivity contribution in [3.63, 3.8) is 0 Å². The van der Waals surface area contributed by atoms with Gasteiger partial charge in [0.1, 0.15) is 0 Å². The molecule has 0 rings (SSSR count). The van der Waals surface area contributed by atoms with Crippen molar-refractivity contribution in [3.8, 4) is 0 Å². The molecule has 0 spiro atoms. The van der Waals surface area contributed by atoms with Gasteiger partial charge < -0.3 is 4.74 Å². The van der Waals surface area contributed by atoms with E-state index in [-0.39, 0.29) is 5.60 Å². The number of rotatable bonds is 21. The molecular formula is C26H53BrO. The number of unbranched alkanes of at least 4 members (excludes halogenated alkanes) is 8. The van der Waals surface area contributed by atoms with E-state index >= 15 is 0 Å². The second-order valence-corrected chi connectivity index (χ2v) is 10.5. The summed E-state index contributed by atoms with van der Waals surface area (Å²) in [6.45, 7) is 12.4.